The van der Waals surface area contributed by atoms with Crippen LogP contribution in [0, 0.1) is 0 Å². The van der Waals surface area contributed by atoms with Crippen LogP contribution >= 0.6 is 0 Å². The van der Waals surface area contributed by atoms with E-state index in [1.165, 1.54) is 31.2 Å². The standard InChI is InChI=1S/C18H19O2/c19-17-11-10-16(15-8-4-5-9-15)12-18(17)20-13-14-6-2-1-3-7-14/h1-3,6-7,10-12,15H,4-5,8-9,13H2. The minimum absolute atomic E-state index is 0.0253. The van der Waals surface area contributed by atoms with Gasteiger partial charge in [0.25, 0.3) is 0 Å². The summed E-state index contributed by atoms with van der Waals surface area (Å²) in [5, 5.41) is 11.9. The summed E-state index contributed by atoms with van der Waals surface area (Å²) in [6, 6.07) is 15.5. The number of hydrogen-bond donors (Lipinski definition) is 0. The SMILES string of the molecule is [O]c1ccc(C2CCCC2)cc1OCc1ccccc1. The van der Waals surface area contributed by atoms with Gasteiger partial charge in [-0.3, -0.25) is 5.11 Å². The van der Waals surface area contributed by atoms with E-state index in [1.54, 1.807) is 6.07 Å². The molecule has 0 aromatic heterocycles. The van der Waals surface area contributed by atoms with Gasteiger partial charge in [-0.2, -0.15) is 0 Å². The third kappa shape index (κ3) is 2.96. The van der Waals surface area contributed by atoms with Gasteiger partial charge < -0.3 is 4.74 Å². The lowest BCUT2D eigenvalue weighted by Crippen LogP contribution is -1.97. The first-order valence-electron chi connectivity index (χ1n) is 7.30. The van der Waals surface area contributed by atoms with Crippen molar-refractivity contribution in [2.75, 3.05) is 0 Å². The lowest BCUT2D eigenvalue weighted by molar-refractivity contribution is 0.267. The lowest BCUT2D eigenvalue weighted by Gasteiger charge is -2.12. The van der Waals surface area contributed by atoms with Crippen molar-refractivity contribution in [2.24, 2.45) is 0 Å². The van der Waals surface area contributed by atoms with E-state index in [-0.39, 0.29) is 5.75 Å². The highest BCUT2D eigenvalue weighted by Crippen LogP contribution is 2.38. The van der Waals surface area contributed by atoms with Crippen LogP contribution in [0.1, 0.15) is 42.7 Å². The molecule has 0 bridgehead atoms. The average Bonchev–Trinajstić information content (AvgIpc) is 3.02. The fraction of sp³-hybridized carbons (Fsp3) is 0.333. The largest absolute Gasteiger partial charge is 0.485 e. The van der Waals surface area contributed by atoms with Crippen molar-refractivity contribution >= 4 is 0 Å². The summed E-state index contributed by atoms with van der Waals surface area (Å²) >= 11 is 0. The molecule has 0 atom stereocenters. The molecule has 1 aliphatic rings. The highest BCUT2D eigenvalue weighted by molar-refractivity contribution is 5.43. The maximum Gasteiger partial charge on any atom is 0.220 e. The normalized spacial score (nSPS) is 15.4. The Morgan fingerprint density at radius 1 is 1.00 bits per heavy atom. The first kappa shape index (κ1) is 13.0. The summed E-state index contributed by atoms with van der Waals surface area (Å²) in [4.78, 5) is 0. The molecule has 0 saturated heterocycles. The number of hydrogen-bond acceptors (Lipinski definition) is 1. The van der Waals surface area contributed by atoms with Crippen molar-refractivity contribution in [3.05, 3.63) is 59.7 Å². The molecule has 103 valence electrons. The van der Waals surface area contributed by atoms with Crippen molar-refractivity contribution in [1.82, 2.24) is 0 Å². The third-order valence-electron chi connectivity index (χ3n) is 4.03. The van der Waals surface area contributed by atoms with E-state index in [4.69, 9.17) is 4.74 Å². The highest BCUT2D eigenvalue weighted by atomic mass is 16.5. The summed E-state index contributed by atoms with van der Waals surface area (Å²) in [7, 11) is 0. The van der Waals surface area contributed by atoms with Crippen LogP contribution in [0.4, 0.5) is 0 Å². The van der Waals surface area contributed by atoms with E-state index in [1.807, 2.05) is 42.5 Å². The van der Waals surface area contributed by atoms with Crippen LogP contribution in [0.2, 0.25) is 0 Å². The van der Waals surface area contributed by atoms with E-state index >= 15 is 0 Å². The molecule has 0 spiro atoms. The van der Waals surface area contributed by atoms with Crippen molar-refractivity contribution in [3.8, 4) is 11.5 Å². The van der Waals surface area contributed by atoms with Gasteiger partial charge in [0.05, 0.1) is 0 Å². The molecule has 0 heterocycles. The lowest BCUT2D eigenvalue weighted by atomic mass is 9.97. The number of rotatable bonds is 4. The fourth-order valence-electron chi connectivity index (χ4n) is 2.89. The van der Waals surface area contributed by atoms with Crippen LogP contribution in [0.5, 0.6) is 11.5 Å². The molecule has 2 aromatic carbocycles. The molecule has 0 N–H and O–H groups in total. The molecule has 1 fully saturated rings. The van der Waals surface area contributed by atoms with Gasteiger partial charge in [0.2, 0.25) is 5.75 Å². The molecule has 2 nitrogen and oxygen atoms in total. The molecule has 1 aliphatic carbocycles. The summed E-state index contributed by atoms with van der Waals surface area (Å²) in [6.45, 7) is 0.449. The first-order valence-corrected chi connectivity index (χ1v) is 7.30. The topological polar surface area (TPSA) is 29.1 Å². The second kappa shape index (κ2) is 6.00. The van der Waals surface area contributed by atoms with Crippen LogP contribution in [-0.2, 0) is 11.7 Å². The van der Waals surface area contributed by atoms with Gasteiger partial charge in [0, 0.05) is 0 Å². The molecule has 1 radical (unpaired) electrons. The minimum atomic E-state index is -0.0253. The van der Waals surface area contributed by atoms with E-state index in [0.29, 0.717) is 18.3 Å². The molecule has 0 unspecified atom stereocenters. The average molecular weight is 267 g/mol. The summed E-state index contributed by atoms with van der Waals surface area (Å²) < 4.78 is 5.71. The summed E-state index contributed by atoms with van der Waals surface area (Å²) in [5.74, 6) is 1.07. The van der Waals surface area contributed by atoms with Gasteiger partial charge >= 0.3 is 0 Å². The van der Waals surface area contributed by atoms with Crippen LogP contribution in [-0.4, -0.2) is 0 Å². The Hall–Kier alpha value is -1.96. The van der Waals surface area contributed by atoms with Crippen molar-refractivity contribution in [1.29, 1.82) is 0 Å². The van der Waals surface area contributed by atoms with Crippen LogP contribution < -0.4 is 4.74 Å². The molecule has 2 heteroatoms. The Labute approximate surface area is 120 Å². The van der Waals surface area contributed by atoms with E-state index in [0.717, 1.165) is 5.56 Å². The molecule has 1 saturated carbocycles. The Bertz CT molecular complexity index is 557. The van der Waals surface area contributed by atoms with Crippen molar-refractivity contribution in [2.45, 2.75) is 38.2 Å². The maximum absolute atomic E-state index is 11.9. The number of benzene rings is 2. The summed E-state index contributed by atoms with van der Waals surface area (Å²) in [5.41, 5.74) is 2.34. The Morgan fingerprint density at radius 3 is 2.50 bits per heavy atom. The zero-order valence-corrected chi connectivity index (χ0v) is 11.5. The molecule has 20 heavy (non-hydrogen) atoms. The van der Waals surface area contributed by atoms with Gasteiger partial charge in [-0.25, -0.2) is 0 Å². The molecule has 2 aromatic rings. The minimum Gasteiger partial charge on any atom is -0.485 e. The van der Waals surface area contributed by atoms with E-state index < -0.39 is 0 Å². The van der Waals surface area contributed by atoms with Gasteiger partial charge in [0.15, 0.2) is 5.75 Å². The molecular weight excluding hydrogens is 248 g/mol. The van der Waals surface area contributed by atoms with Gasteiger partial charge in [-0.1, -0.05) is 49.2 Å². The number of ether oxygens (including phenoxy) is 1. The van der Waals surface area contributed by atoms with E-state index in [2.05, 4.69) is 0 Å². The third-order valence-corrected chi connectivity index (χ3v) is 4.03. The second-order valence-electron chi connectivity index (χ2n) is 5.46. The van der Waals surface area contributed by atoms with Crippen molar-refractivity contribution < 1.29 is 9.84 Å². The summed E-state index contributed by atoms with van der Waals surface area (Å²) in [6.07, 6.45) is 5.06. The molecular formula is C18H19O2. The van der Waals surface area contributed by atoms with Crippen LogP contribution in [0.25, 0.3) is 0 Å². The van der Waals surface area contributed by atoms with Crippen molar-refractivity contribution in [3.63, 3.8) is 0 Å². The quantitative estimate of drug-likeness (QED) is 0.760. The molecule has 3 rings (SSSR count). The predicted octanol–water partition coefficient (Wildman–Crippen LogP) is 5.07. The zero-order valence-electron chi connectivity index (χ0n) is 11.5. The highest BCUT2D eigenvalue weighted by Gasteiger charge is 2.18. The molecule has 0 amide bonds. The first-order chi connectivity index (χ1) is 9.83. The Balaban J connectivity index is 1.73. The van der Waals surface area contributed by atoms with Crippen LogP contribution in [0.3, 0.4) is 0 Å². The smallest absolute Gasteiger partial charge is 0.220 e. The predicted molar refractivity (Wildman–Crippen MR) is 78.6 cm³/mol. The van der Waals surface area contributed by atoms with Gasteiger partial charge in [-0.15, -0.1) is 0 Å². The fourth-order valence-corrected chi connectivity index (χ4v) is 2.89. The Kier molecular flexibility index (Phi) is 3.91. The monoisotopic (exact) mass is 267 g/mol. The van der Waals surface area contributed by atoms with E-state index in [9.17, 15) is 5.11 Å². The Morgan fingerprint density at radius 2 is 1.75 bits per heavy atom. The van der Waals surface area contributed by atoms with Crippen LogP contribution in [0.15, 0.2) is 48.5 Å². The maximum atomic E-state index is 11.9. The molecule has 0 aliphatic heterocycles. The second-order valence-corrected chi connectivity index (χ2v) is 5.46. The zero-order chi connectivity index (χ0) is 13.8. The van der Waals surface area contributed by atoms with Gasteiger partial charge in [0.1, 0.15) is 6.61 Å². The van der Waals surface area contributed by atoms with Gasteiger partial charge in [-0.05, 0) is 42.0 Å².